The van der Waals surface area contributed by atoms with Gasteiger partial charge in [0.25, 0.3) is 0 Å². The topological polar surface area (TPSA) is 137 Å². The molecule has 0 aliphatic carbocycles. The molecule has 0 spiro atoms. The van der Waals surface area contributed by atoms with Crippen LogP contribution in [0.1, 0.15) is 162 Å². The Morgan fingerprint density at radius 1 is 0.698 bits per heavy atom. The van der Waals surface area contributed by atoms with Crippen LogP contribution in [-0.4, -0.2) is 73.9 Å². The molecule has 43 heavy (non-hydrogen) atoms. The quantitative estimate of drug-likeness (QED) is 0.0561. The minimum absolute atomic E-state index is 0.159. The number of unbranched alkanes of at least 4 members (excludes halogenated alkanes) is 12. The summed E-state index contributed by atoms with van der Waals surface area (Å²) in [4.78, 5) is 11.7. The molecule has 2 rings (SSSR count). The van der Waals surface area contributed by atoms with Crippen LogP contribution < -0.4 is 0 Å². The Morgan fingerprint density at radius 2 is 1.12 bits per heavy atom. The van der Waals surface area contributed by atoms with Gasteiger partial charge in [-0.15, -0.1) is 0 Å². The van der Waals surface area contributed by atoms with Crippen molar-refractivity contribution in [2.75, 3.05) is 0 Å². The first kappa shape index (κ1) is 38.2. The second-order valence-electron chi connectivity index (χ2n) is 13.4. The van der Waals surface area contributed by atoms with Gasteiger partial charge >= 0.3 is 5.97 Å². The first-order valence-corrected chi connectivity index (χ1v) is 17.7. The molecule has 0 aromatic carbocycles. The molecule has 0 unspecified atom stereocenters. The van der Waals surface area contributed by atoms with Gasteiger partial charge in [0.1, 0.15) is 0 Å². The van der Waals surface area contributed by atoms with Crippen LogP contribution in [0.15, 0.2) is 11.6 Å². The van der Waals surface area contributed by atoms with E-state index in [2.05, 4.69) is 6.92 Å². The van der Waals surface area contributed by atoms with Gasteiger partial charge in [-0.1, -0.05) is 103 Å². The Bertz CT molecular complexity index is 769. The van der Waals surface area contributed by atoms with E-state index in [1.54, 1.807) is 0 Å². The lowest BCUT2D eigenvalue weighted by Crippen LogP contribution is -2.31. The highest BCUT2D eigenvalue weighted by molar-refractivity contribution is 5.91. The molecule has 8 heteroatoms. The summed E-state index contributed by atoms with van der Waals surface area (Å²) in [6.07, 6.45) is 21.3. The molecule has 0 aromatic rings. The molecule has 2 aliphatic heterocycles. The van der Waals surface area contributed by atoms with Crippen LogP contribution in [0.2, 0.25) is 0 Å². The van der Waals surface area contributed by atoms with E-state index in [-0.39, 0.29) is 24.7 Å². The lowest BCUT2D eigenvalue weighted by Gasteiger charge is -2.22. The molecule has 2 aliphatic rings. The zero-order valence-electron chi connectivity index (χ0n) is 27.3. The normalized spacial score (nSPS) is 25.0. The number of cyclic esters (lactones) is 1. The number of hydrogen-bond acceptors (Lipinski definition) is 8. The standard InChI is InChI=1S/C35H64O8/c1-3-4-5-6-7-8-9-10-11-15-21-30(38)32-23-24-33(42-32)31(39)22-17-16-19-28(36)18-13-12-14-20-29(37)25-27-26-35(2,41)43-34(27)40/h26,28-33,36-39,41H,3-25H2,1-2H3/t28-,29-,30+,31-,32+,33-,35-/m1/s1. The third kappa shape index (κ3) is 16.7. The van der Waals surface area contributed by atoms with Crippen LogP contribution >= 0.6 is 0 Å². The monoisotopic (exact) mass is 612 g/mol. The molecule has 0 aromatic heterocycles. The van der Waals surface area contributed by atoms with Gasteiger partial charge in [0.15, 0.2) is 0 Å². The fourth-order valence-electron chi connectivity index (χ4n) is 6.45. The molecular formula is C35H64O8. The van der Waals surface area contributed by atoms with Gasteiger partial charge in [-0.2, -0.15) is 0 Å². The van der Waals surface area contributed by atoms with E-state index in [9.17, 15) is 30.3 Å². The zero-order chi connectivity index (χ0) is 31.5. The molecule has 1 saturated heterocycles. The summed E-state index contributed by atoms with van der Waals surface area (Å²) < 4.78 is 10.9. The highest BCUT2D eigenvalue weighted by atomic mass is 16.7. The molecule has 1 fully saturated rings. The lowest BCUT2D eigenvalue weighted by atomic mass is 9.99. The van der Waals surface area contributed by atoms with Gasteiger partial charge in [0.05, 0.1) is 36.6 Å². The van der Waals surface area contributed by atoms with Crippen LogP contribution in [0.5, 0.6) is 0 Å². The van der Waals surface area contributed by atoms with Crippen molar-refractivity contribution in [1.82, 2.24) is 0 Å². The number of rotatable bonds is 26. The molecule has 8 nitrogen and oxygen atoms in total. The van der Waals surface area contributed by atoms with E-state index in [0.29, 0.717) is 31.3 Å². The van der Waals surface area contributed by atoms with Crippen molar-refractivity contribution >= 4 is 5.97 Å². The molecule has 0 bridgehead atoms. The molecule has 0 amide bonds. The molecule has 7 atom stereocenters. The maximum absolute atomic E-state index is 11.7. The largest absolute Gasteiger partial charge is 0.426 e. The minimum Gasteiger partial charge on any atom is -0.426 e. The predicted molar refractivity (Wildman–Crippen MR) is 169 cm³/mol. The van der Waals surface area contributed by atoms with E-state index in [0.717, 1.165) is 57.8 Å². The van der Waals surface area contributed by atoms with Crippen molar-refractivity contribution in [3.8, 4) is 0 Å². The molecule has 2 heterocycles. The fourth-order valence-corrected chi connectivity index (χ4v) is 6.45. The van der Waals surface area contributed by atoms with E-state index in [4.69, 9.17) is 9.47 Å². The Hall–Kier alpha value is -1.03. The first-order chi connectivity index (χ1) is 20.6. The fraction of sp³-hybridized carbons (Fsp3) is 0.914. The Balaban J connectivity index is 1.42. The Morgan fingerprint density at radius 3 is 1.63 bits per heavy atom. The highest BCUT2D eigenvalue weighted by Crippen LogP contribution is 2.29. The lowest BCUT2D eigenvalue weighted by molar-refractivity contribution is -0.173. The number of esters is 1. The highest BCUT2D eigenvalue weighted by Gasteiger charge is 2.35. The van der Waals surface area contributed by atoms with Gasteiger partial charge < -0.3 is 35.0 Å². The maximum atomic E-state index is 11.7. The van der Waals surface area contributed by atoms with Crippen LogP contribution in [-0.2, 0) is 14.3 Å². The van der Waals surface area contributed by atoms with Crippen LogP contribution in [0, 0.1) is 0 Å². The molecule has 0 radical (unpaired) electrons. The zero-order valence-corrected chi connectivity index (χ0v) is 27.3. The van der Waals surface area contributed by atoms with Gasteiger partial charge in [0, 0.05) is 18.9 Å². The van der Waals surface area contributed by atoms with Gasteiger partial charge in [-0.05, 0) is 51.0 Å². The summed E-state index contributed by atoms with van der Waals surface area (Å²) >= 11 is 0. The van der Waals surface area contributed by atoms with E-state index in [1.807, 2.05) is 0 Å². The number of aliphatic hydroxyl groups is 5. The molecule has 252 valence electrons. The number of hydrogen-bond donors (Lipinski definition) is 5. The van der Waals surface area contributed by atoms with Crippen molar-refractivity contribution in [2.45, 2.75) is 204 Å². The van der Waals surface area contributed by atoms with Gasteiger partial charge in [0.2, 0.25) is 5.79 Å². The van der Waals surface area contributed by atoms with Gasteiger partial charge in [-0.3, -0.25) is 0 Å². The SMILES string of the molecule is CCCCCCCCCCCC[C@H](O)[C@@H]1CC[C@H]([C@H](O)CCCC[C@H](O)CCCCC[C@@H](O)CC2=C[C@](C)(O)OC2=O)O1. The number of ether oxygens (including phenoxy) is 2. The Kier molecular flexibility index (Phi) is 19.2. The van der Waals surface area contributed by atoms with Crippen LogP contribution in [0.25, 0.3) is 0 Å². The second-order valence-corrected chi connectivity index (χ2v) is 13.4. The average molecular weight is 613 g/mol. The van der Waals surface area contributed by atoms with Crippen molar-refractivity contribution in [3.05, 3.63) is 11.6 Å². The molecular weight excluding hydrogens is 548 g/mol. The van der Waals surface area contributed by atoms with Crippen LogP contribution in [0.3, 0.4) is 0 Å². The summed E-state index contributed by atoms with van der Waals surface area (Å²) in [7, 11) is 0. The van der Waals surface area contributed by atoms with E-state index in [1.165, 1.54) is 70.8 Å². The van der Waals surface area contributed by atoms with Crippen molar-refractivity contribution in [2.24, 2.45) is 0 Å². The third-order valence-electron chi connectivity index (χ3n) is 9.12. The number of carbonyl (C=O) groups excluding carboxylic acids is 1. The number of carbonyl (C=O) groups is 1. The van der Waals surface area contributed by atoms with Crippen molar-refractivity contribution < 1.29 is 39.8 Å². The van der Waals surface area contributed by atoms with Gasteiger partial charge in [-0.25, -0.2) is 4.79 Å². The summed E-state index contributed by atoms with van der Waals surface area (Å²) in [5.41, 5.74) is 0.314. The number of aliphatic hydroxyl groups excluding tert-OH is 4. The maximum Gasteiger partial charge on any atom is 0.336 e. The smallest absolute Gasteiger partial charge is 0.336 e. The van der Waals surface area contributed by atoms with E-state index < -0.39 is 30.1 Å². The van der Waals surface area contributed by atoms with Crippen molar-refractivity contribution in [3.63, 3.8) is 0 Å². The third-order valence-corrected chi connectivity index (χ3v) is 9.12. The predicted octanol–water partition coefficient (Wildman–Crippen LogP) is 6.38. The van der Waals surface area contributed by atoms with Crippen molar-refractivity contribution in [1.29, 1.82) is 0 Å². The Labute approximate surface area is 261 Å². The summed E-state index contributed by atoms with van der Waals surface area (Å²) in [5.74, 6) is -2.16. The summed E-state index contributed by atoms with van der Waals surface area (Å²) in [6, 6.07) is 0. The summed E-state index contributed by atoms with van der Waals surface area (Å²) in [6.45, 7) is 3.64. The summed E-state index contributed by atoms with van der Waals surface area (Å²) in [5, 5.41) is 51.5. The first-order valence-electron chi connectivity index (χ1n) is 17.7. The molecule has 0 saturated carbocycles. The van der Waals surface area contributed by atoms with Crippen LogP contribution in [0.4, 0.5) is 0 Å². The minimum atomic E-state index is -1.58. The molecule has 5 N–H and O–H groups in total. The second kappa shape index (κ2) is 21.7. The average Bonchev–Trinajstić information content (AvgIpc) is 3.55. The van der Waals surface area contributed by atoms with E-state index >= 15 is 0 Å².